The Morgan fingerprint density at radius 2 is 1.73 bits per heavy atom. The minimum absolute atomic E-state index is 0.971. The molecular weight excluding hydrogens is 288 g/mol. The first-order valence-corrected chi connectivity index (χ1v) is 8.17. The second-order valence-corrected chi connectivity index (χ2v) is 6.12. The molecule has 0 radical (unpaired) electrons. The van der Waals surface area contributed by atoms with Crippen LogP contribution in [0.1, 0.15) is 12.0 Å². The highest BCUT2D eigenvalue weighted by atomic mass is 32.2. The third kappa shape index (κ3) is 4.37. The second-order valence-electron chi connectivity index (χ2n) is 4.98. The van der Waals surface area contributed by atoms with Gasteiger partial charge in [0.25, 0.3) is 0 Å². The topological polar surface area (TPSA) is 17.8 Å². The van der Waals surface area contributed by atoms with E-state index in [2.05, 4.69) is 70.2 Å². The fourth-order valence-corrected chi connectivity index (χ4v) is 2.97. The van der Waals surface area contributed by atoms with Crippen LogP contribution in [0.25, 0.3) is 6.08 Å². The molecule has 0 aliphatic rings. The smallest absolute Gasteiger partial charge is 0.0946 e. The molecule has 0 spiro atoms. The lowest BCUT2D eigenvalue weighted by atomic mass is 10.2. The van der Waals surface area contributed by atoms with Crippen molar-refractivity contribution in [1.29, 1.82) is 0 Å². The molecule has 0 aliphatic heterocycles. The Bertz CT molecular complexity index is 701. The molecule has 0 atom stereocenters. The van der Waals surface area contributed by atoms with Crippen LogP contribution in [0, 0.1) is 0 Å². The number of aryl methyl sites for hydroxylation is 1. The molecule has 0 aliphatic carbocycles. The molecule has 3 heteroatoms. The van der Waals surface area contributed by atoms with Gasteiger partial charge in [0, 0.05) is 28.7 Å². The van der Waals surface area contributed by atoms with E-state index < -0.39 is 0 Å². The molecular formula is C19H18N2S. The van der Waals surface area contributed by atoms with Crippen molar-refractivity contribution in [2.24, 2.45) is 0 Å². The van der Waals surface area contributed by atoms with Crippen LogP contribution < -0.4 is 0 Å². The fourth-order valence-electron chi connectivity index (χ4n) is 2.13. The Hall–Kier alpha value is -2.26. The zero-order valence-electron chi connectivity index (χ0n) is 12.3. The Morgan fingerprint density at radius 1 is 0.955 bits per heavy atom. The molecule has 0 N–H and O–H groups in total. The maximum absolute atomic E-state index is 4.04. The van der Waals surface area contributed by atoms with E-state index >= 15 is 0 Å². The van der Waals surface area contributed by atoms with Gasteiger partial charge in [-0.2, -0.15) is 0 Å². The highest BCUT2D eigenvalue weighted by molar-refractivity contribution is 7.99. The van der Waals surface area contributed by atoms with Crippen molar-refractivity contribution >= 4 is 17.8 Å². The quantitative estimate of drug-likeness (QED) is 0.627. The monoisotopic (exact) mass is 306 g/mol. The number of hydrogen-bond donors (Lipinski definition) is 0. The summed E-state index contributed by atoms with van der Waals surface area (Å²) < 4.78 is 2.09. The molecule has 0 amide bonds. The van der Waals surface area contributed by atoms with Gasteiger partial charge in [-0.25, -0.2) is 4.98 Å². The Kier molecular flexibility index (Phi) is 5.11. The maximum atomic E-state index is 4.04. The van der Waals surface area contributed by atoms with E-state index in [1.54, 1.807) is 11.8 Å². The van der Waals surface area contributed by atoms with Gasteiger partial charge in [-0.3, -0.25) is 0 Å². The molecule has 0 saturated carbocycles. The molecule has 110 valence electrons. The summed E-state index contributed by atoms with van der Waals surface area (Å²) in [4.78, 5) is 6.57. The molecule has 2 nitrogen and oxygen atoms in total. The van der Waals surface area contributed by atoms with Crippen LogP contribution in [0.5, 0.6) is 0 Å². The summed E-state index contributed by atoms with van der Waals surface area (Å²) in [6, 6.07) is 19.1. The lowest BCUT2D eigenvalue weighted by Crippen LogP contribution is -1.91. The van der Waals surface area contributed by atoms with Gasteiger partial charge in [0.2, 0.25) is 0 Å². The van der Waals surface area contributed by atoms with Gasteiger partial charge in [-0.15, -0.1) is 0 Å². The number of hydrogen-bond acceptors (Lipinski definition) is 2. The van der Waals surface area contributed by atoms with Crippen LogP contribution >= 0.6 is 11.8 Å². The fraction of sp³-hybridized carbons (Fsp3) is 0.105. The van der Waals surface area contributed by atoms with E-state index in [-0.39, 0.29) is 0 Å². The van der Waals surface area contributed by atoms with E-state index in [1.807, 2.05) is 24.8 Å². The lowest BCUT2D eigenvalue weighted by molar-refractivity contribution is 0.710. The van der Waals surface area contributed by atoms with Gasteiger partial charge in [0.1, 0.15) is 0 Å². The number of aromatic nitrogens is 2. The summed E-state index contributed by atoms with van der Waals surface area (Å²) in [6.45, 7) is 0.971. The molecule has 0 bridgehead atoms. The van der Waals surface area contributed by atoms with Gasteiger partial charge in [-0.1, -0.05) is 54.2 Å². The van der Waals surface area contributed by atoms with E-state index in [4.69, 9.17) is 0 Å². The highest BCUT2D eigenvalue weighted by Crippen LogP contribution is 2.27. The van der Waals surface area contributed by atoms with Crippen molar-refractivity contribution in [2.75, 3.05) is 0 Å². The van der Waals surface area contributed by atoms with Crippen molar-refractivity contribution in [3.63, 3.8) is 0 Å². The summed E-state index contributed by atoms with van der Waals surface area (Å²) >= 11 is 1.79. The molecule has 0 unspecified atom stereocenters. The molecule has 3 aromatic rings. The van der Waals surface area contributed by atoms with E-state index in [0.29, 0.717) is 0 Å². The zero-order valence-corrected chi connectivity index (χ0v) is 13.1. The highest BCUT2D eigenvalue weighted by Gasteiger charge is 1.96. The Labute approximate surface area is 135 Å². The number of benzene rings is 2. The third-order valence-electron chi connectivity index (χ3n) is 3.28. The predicted molar refractivity (Wildman–Crippen MR) is 92.9 cm³/mol. The molecule has 1 aromatic heterocycles. The third-order valence-corrected chi connectivity index (χ3v) is 4.30. The molecule has 1 heterocycles. The van der Waals surface area contributed by atoms with E-state index in [9.17, 15) is 0 Å². The molecule has 22 heavy (non-hydrogen) atoms. The molecule has 0 saturated heterocycles. The largest absolute Gasteiger partial charge is 0.337 e. The number of allylic oxidation sites excluding steroid dienone is 1. The Morgan fingerprint density at radius 3 is 2.45 bits per heavy atom. The summed E-state index contributed by atoms with van der Waals surface area (Å²) in [5.41, 5.74) is 1.24. The normalized spacial score (nSPS) is 11.1. The van der Waals surface area contributed by atoms with Crippen molar-refractivity contribution < 1.29 is 0 Å². The summed E-state index contributed by atoms with van der Waals surface area (Å²) in [7, 11) is 0. The van der Waals surface area contributed by atoms with Crippen molar-refractivity contribution in [2.45, 2.75) is 22.8 Å². The van der Waals surface area contributed by atoms with E-state index in [1.165, 1.54) is 15.4 Å². The standard InChI is InChI=1S/C19H18N2S/c1-2-7-18(8-3-1)22-19-11-9-17(10-12-19)6-4-5-14-21-15-13-20-16-21/h1-4,6-13,15-16H,5,14H2. The minimum atomic E-state index is 0.971. The number of imidazole rings is 1. The van der Waals surface area contributed by atoms with Crippen LogP contribution in [0.2, 0.25) is 0 Å². The Balaban J connectivity index is 1.52. The SMILES string of the molecule is C(=Cc1ccc(Sc2ccccc2)cc1)CCn1ccnc1. The lowest BCUT2D eigenvalue weighted by Gasteiger charge is -2.02. The van der Waals surface area contributed by atoms with Gasteiger partial charge in [0.15, 0.2) is 0 Å². The van der Waals surface area contributed by atoms with Crippen molar-refractivity contribution in [1.82, 2.24) is 9.55 Å². The molecule has 3 rings (SSSR count). The van der Waals surface area contributed by atoms with Crippen molar-refractivity contribution in [3.8, 4) is 0 Å². The first-order valence-electron chi connectivity index (χ1n) is 7.35. The predicted octanol–water partition coefficient (Wildman–Crippen LogP) is 5.14. The zero-order chi connectivity index (χ0) is 15.0. The average Bonchev–Trinajstić information content (AvgIpc) is 3.07. The first-order chi connectivity index (χ1) is 10.9. The number of nitrogens with zero attached hydrogens (tertiary/aromatic N) is 2. The van der Waals surface area contributed by atoms with Crippen LogP contribution in [0.15, 0.2) is 89.2 Å². The first kappa shape index (κ1) is 14.7. The van der Waals surface area contributed by atoms with Gasteiger partial charge in [0.05, 0.1) is 6.33 Å². The van der Waals surface area contributed by atoms with Gasteiger partial charge < -0.3 is 4.57 Å². The average molecular weight is 306 g/mol. The second kappa shape index (κ2) is 7.66. The maximum Gasteiger partial charge on any atom is 0.0946 e. The minimum Gasteiger partial charge on any atom is -0.337 e. The summed E-state index contributed by atoms with van der Waals surface area (Å²) in [5, 5.41) is 0. The number of rotatable bonds is 6. The molecule has 2 aromatic carbocycles. The van der Waals surface area contributed by atoms with Crippen LogP contribution in [-0.2, 0) is 6.54 Å². The van der Waals surface area contributed by atoms with Crippen LogP contribution in [0.4, 0.5) is 0 Å². The van der Waals surface area contributed by atoms with Gasteiger partial charge >= 0.3 is 0 Å². The summed E-state index contributed by atoms with van der Waals surface area (Å²) in [5.74, 6) is 0. The van der Waals surface area contributed by atoms with Crippen molar-refractivity contribution in [3.05, 3.63) is 85.0 Å². The van der Waals surface area contributed by atoms with E-state index in [0.717, 1.165) is 13.0 Å². The van der Waals surface area contributed by atoms with Gasteiger partial charge in [-0.05, 0) is 36.2 Å². The molecule has 0 fully saturated rings. The van der Waals surface area contributed by atoms with Crippen LogP contribution in [-0.4, -0.2) is 9.55 Å². The van der Waals surface area contributed by atoms with Crippen LogP contribution in [0.3, 0.4) is 0 Å². The summed E-state index contributed by atoms with van der Waals surface area (Å²) in [6.07, 6.45) is 11.0.